The number of benzene rings is 3. The number of ketones is 1. The summed E-state index contributed by atoms with van der Waals surface area (Å²) in [7, 11) is 0. The first-order chi connectivity index (χ1) is 20.5. The van der Waals surface area contributed by atoms with Crippen LogP contribution in [0, 0.1) is 0 Å². The summed E-state index contributed by atoms with van der Waals surface area (Å²) >= 11 is 0. The maximum atomic E-state index is 12.8. The number of imidazole rings is 1. The molecule has 0 aliphatic heterocycles. The van der Waals surface area contributed by atoms with Gasteiger partial charge < -0.3 is 15.2 Å². The first kappa shape index (κ1) is 26.8. The van der Waals surface area contributed by atoms with Crippen LogP contribution in [0.3, 0.4) is 0 Å². The summed E-state index contributed by atoms with van der Waals surface area (Å²) in [6, 6.07) is 29.5. The van der Waals surface area contributed by atoms with E-state index in [1.165, 1.54) is 0 Å². The maximum Gasteiger partial charge on any atom is 0.251 e. The van der Waals surface area contributed by atoms with Gasteiger partial charge in [-0.05, 0) is 96.8 Å². The zero-order valence-corrected chi connectivity index (χ0v) is 23.5. The number of aromatic nitrogens is 3. The Hall–Kier alpha value is -5.43. The summed E-state index contributed by atoms with van der Waals surface area (Å²) < 4.78 is 4.08. The Morgan fingerprint density at radius 1 is 0.857 bits per heavy atom. The van der Waals surface area contributed by atoms with Crippen molar-refractivity contribution < 1.29 is 9.59 Å². The van der Waals surface area contributed by atoms with Gasteiger partial charge in [-0.2, -0.15) is 0 Å². The SMILES string of the molecule is CCc1cc(-c2ccc(Nc3ccc(C(=O)NCc4cccc(-n5cccc5)c4)cc3)c3nccn23)ccc1C(C)=O. The topological polar surface area (TPSA) is 80.4 Å². The van der Waals surface area contributed by atoms with Gasteiger partial charge in [-0.25, -0.2) is 4.98 Å². The Balaban J connectivity index is 1.15. The van der Waals surface area contributed by atoms with Gasteiger partial charge in [0.2, 0.25) is 0 Å². The fraction of sp³-hybridized carbons (Fsp3) is 0.114. The summed E-state index contributed by atoms with van der Waals surface area (Å²) in [6.07, 6.45) is 8.48. The quantitative estimate of drug-likeness (QED) is 0.185. The lowest BCUT2D eigenvalue weighted by Crippen LogP contribution is -2.22. The van der Waals surface area contributed by atoms with E-state index in [-0.39, 0.29) is 11.7 Å². The molecular weight excluding hydrogens is 522 g/mol. The number of hydrogen-bond donors (Lipinski definition) is 2. The second kappa shape index (κ2) is 11.6. The van der Waals surface area contributed by atoms with Crippen LogP contribution in [0.5, 0.6) is 0 Å². The van der Waals surface area contributed by atoms with Crippen molar-refractivity contribution in [1.29, 1.82) is 0 Å². The molecule has 1 amide bonds. The van der Waals surface area contributed by atoms with Gasteiger partial charge in [-0.3, -0.25) is 14.0 Å². The molecule has 0 aliphatic carbocycles. The Labute approximate surface area is 244 Å². The van der Waals surface area contributed by atoms with Crippen molar-refractivity contribution in [3.05, 3.63) is 138 Å². The van der Waals surface area contributed by atoms with Crippen molar-refractivity contribution in [3.8, 4) is 16.9 Å². The van der Waals surface area contributed by atoms with E-state index >= 15 is 0 Å². The van der Waals surface area contributed by atoms with Crippen LogP contribution in [0.25, 0.3) is 22.6 Å². The van der Waals surface area contributed by atoms with Crippen LogP contribution >= 0.6 is 0 Å². The number of amides is 1. The molecule has 0 aliphatic rings. The molecule has 7 heteroatoms. The number of hydrogen-bond acceptors (Lipinski definition) is 4. The van der Waals surface area contributed by atoms with E-state index < -0.39 is 0 Å². The van der Waals surface area contributed by atoms with Crippen molar-refractivity contribution in [3.63, 3.8) is 0 Å². The first-order valence-electron chi connectivity index (χ1n) is 14.0. The molecule has 3 aromatic carbocycles. The molecule has 0 spiro atoms. The Bertz CT molecular complexity index is 1890. The minimum absolute atomic E-state index is 0.0765. The van der Waals surface area contributed by atoms with E-state index in [2.05, 4.69) is 34.7 Å². The average Bonchev–Trinajstić information content (AvgIpc) is 3.74. The normalized spacial score (nSPS) is 11.0. The highest BCUT2D eigenvalue weighted by Crippen LogP contribution is 2.29. The lowest BCUT2D eigenvalue weighted by Gasteiger charge is -2.14. The molecule has 3 heterocycles. The van der Waals surface area contributed by atoms with Crippen LogP contribution < -0.4 is 10.6 Å². The second-order valence-corrected chi connectivity index (χ2v) is 10.2. The number of fused-ring (bicyclic) bond motifs is 1. The van der Waals surface area contributed by atoms with E-state index in [0.717, 1.165) is 57.1 Å². The molecule has 0 radical (unpaired) electrons. The van der Waals surface area contributed by atoms with Crippen LogP contribution in [-0.4, -0.2) is 25.6 Å². The third-order valence-corrected chi connectivity index (χ3v) is 7.40. The van der Waals surface area contributed by atoms with Crippen LogP contribution in [0.4, 0.5) is 11.4 Å². The Morgan fingerprint density at radius 2 is 1.67 bits per heavy atom. The van der Waals surface area contributed by atoms with E-state index in [4.69, 9.17) is 0 Å². The highest BCUT2D eigenvalue weighted by Gasteiger charge is 2.13. The molecule has 0 fully saturated rings. The molecule has 6 rings (SSSR count). The van der Waals surface area contributed by atoms with Crippen molar-refractivity contribution in [2.24, 2.45) is 0 Å². The highest BCUT2D eigenvalue weighted by molar-refractivity contribution is 5.96. The molecular formula is C35H31N5O2. The zero-order chi connectivity index (χ0) is 29.1. The molecule has 42 heavy (non-hydrogen) atoms. The van der Waals surface area contributed by atoms with Gasteiger partial charge in [-0.1, -0.05) is 31.2 Å². The largest absolute Gasteiger partial charge is 0.352 e. The maximum absolute atomic E-state index is 12.8. The Kier molecular flexibility index (Phi) is 7.39. The van der Waals surface area contributed by atoms with Crippen molar-refractivity contribution in [2.45, 2.75) is 26.8 Å². The summed E-state index contributed by atoms with van der Waals surface area (Å²) in [5.74, 6) is -0.0530. The highest BCUT2D eigenvalue weighted by atomic mass is 16.1. The standard InChI is InChI=1S/C35H31N5O2/c1-3-26-22-28(11-14-31(26)24(2)41)33-16-15-32(34-36-17-20-40(33)34)38-29-12-9-27(10-13-29)35(42)37-23-25-7-6-8-30(21-25)39-18-4-5-19-39/h4-22,38H,3,23H2,1-2H3,(H,37,42). The van der Waals surface area contributed by atoms with Gasteiger partial charge in [-0.15, -0.1) is 0 Å². The van der Waals surface area contributed by atoms with Gasteiger partial charge in [0.05, 0.1) is 11.4 Å². The second-order valence-electron chi connectivity index (χ2n) is 10.2. The van der Waals surface area contributed by atoms with Crippen molar-refractivity contribution >= 4 is 28.7 Å². The molecule has 7 nitrogen and oxygen atoms in total. The Morgan fingerprint density at radius 3 is 2.43 bits per heavy atom. The molecule has 3 aromatic heterocycles. The molecule has 6 aromatic rings. The van der Waals surface area contributed by atoms with Gasteiger partial charge in [0, 0.05) is 53.8 Å². The lowest BCUT2D eigenvalue weighted by molar-refractivity contribution is 0.0950. The number of carbonyl (C=O) groups is 2. The summed E-state index contributed by atoms with van der Waals surface area (Å²) in [6.45, 7) is 4.10. The molecule has 0 saturated heterocycles. The smallest absolute Gasteiger partial charge is 0.251 e. The minimum atomic E-state index is -0.129. The molecule has 0 atom stereocenters. The number of rotatable bonds is 9. The van der Waals surface area contributed by atoms with Crippen molar-refractivity contribution in [1.82, 2.24) is 19.3 Å². The first-order valence-corrected chi connectivity index (χ1v) is 14.0. The molecule has 0 unspecified atom stereocenters. The minimum Gasteiger partial charge on any atom is -0.352 e. The van der Waals surface area contributed by atoms with Crippen LogP contribution in [0.15, 0.2) is 116 Å². The predicted octanol–water partition coefficient (Wildman–Crippen LogP) is 7.23. The molecule has 2 N–H and O–H groups in total. The number of nitrogens with zero attached hydrogens (tertiary/aromatic N) is 3. The fourth-order valence-electron chi connectivity index (χ4n) is 5.21. The molecule has 0 bridgehead atoms. The number of carbonyl (C=O) groups excluding carboxylic acids is 2. The number of Topliss-reactive ketones (excluding diaryl/α,β-unsaturated/α-hetero) is 1. The van der Waals surface area contributed by atoms with Gasteiger partial charge in [0.25, 0.3) is 5.91 Å². The zero-order valence-electron chi connectivity index (χ0n) is 23.5. The average molecular weight is 554 g/mol. The third-order valence-electron chi connectivity index (χ3n) is 7.40. The number of nitrogens with one attached hydrogen (secondary N) is 2. The van der Waals surface area contributed by atoms with E-state index in [1.807, 2.05) is 106 Å². The lowest BCUT2D eigenvalue weighted by atomic mass is 9.98. The summed E-state index contributed by atoms with van der Waals surface area (Å²) in [4.78, 5) is 29.5. The molecule has 0 saturated carbocycles. The van der Waals surface area contributed by atoms with Gasteiger partial charge in [0.1, 0.15) is 0 Å². The number of anilines is 2. The monoisotopic (exact) mass is 553 g/mol. The van der Waals surface area contributed by atoms with Gasteiger partial charge in [0.15, 0.2) is 11.4 Å². The van der Waals surface area contributed by atoms with E-state index in [0.29, 0.717) is 12.1 Å². The fourth-order valence-corrected chi connectivity index (χ4v) is 5.21. The predicted molar refractivity (Wildman–Crippen MR) is 167 cm³/mol. The molecule has 208 valence electrons. The summed E-state index contributed by atoms with van der Waals surface area (Å²) in [5, 5.41) is 6.46. The van der Waals surface area contributed by atoms with E-state index in [1.54, 1.807) is 13.1 Å². The van der Waals surface area contributed by atoms with E-state index in [9.17, 15) is 9.59 Å². The summed E-state index contributed by atoms with van der Waals surface area (Å²) in [5.41, 5.74) is 8.96. The third kappa shape index (κ3) is 5.45. The van der Waals surface area contributed by atoms with Crippen LogP contribution in [0.2, 0.25) is 0 Å². The van der Waals surface area contributed by atoms with Crippen LogP contribution in [-0.2, 0) is 13.0 Å². The number of pyridine rings is 1. The number of aryl methyl sites for hydroxylation is 1. The van der Waals surface area contributed by atoms with Crippen molar-refractivity contribution in [2.75, 3.05) is 5.32 Å². The van der Waals surface area contributed by atoms with Gasteiger partial charge >= 0.3 is 0 Å². The van der Waals surface area contributed by atoms with Crippen LogP contribution in [0.1, 0.15) is 45.7 Å².